The Hall–Kier alpha value is -1.82. The van der Waals surface area contributed by atoms with Gasteiger partial charge in [-0.05, 0) is 6.07 Å². The molecule has 6 nitrogen and oxygen atoms in total. The highest BCUT2D eigenvalue weighted by Crippen LogP contribution is 2.34. The lowest BCUT2D eigenvalue weighted by molar-refractivity contribution is -0.385. The van der Waals surface area contributed by atoms with Gasteiger partial charge in [-0.15, -0.1) is 0 Å². The largest absolute Gasteiger partial charge is 0.485 e. The van der Waals surface area contributed by atoms with E-state index in [2.05, 4.69) is 0 Å². The van der Waals surface area contributed by atoms with Crippen LogP contribution in [0.3, 0.4) is 0 Å². The number of benzene rings is 1. The number of ether oxygens (including phenoxy) is 3. The molecule has 2 rings (SSSR count). The Morgan fingerprint density at radius 3 is 3.06 bits per heavy atom. The molecule has 1 aromatic rings. The molecule has 0 N–H and O–H groups in total. The Labute approximate surface area is 91.9 Å². The summed E-state index contributed by atoms with van der Waals surface area (Å²) in [5, 5.41) is 10.5. The first-order chi connectivity index (χ1) is 7.70. The maximum absolute atomic E-state index is 10.5. The fraction of sp³-hybridized carbons (Fsp3) is 0.400. The summed E-state index contributed by atoms with van der Waals surface area (Å²) in [5.41, 5.74) is -0.00691. The molecule has 1 aliphatic heterocycles. The third kappa shape index (κ3) is 2.06. The van der Waals surface area contributed by atoms with Crippen LogP contribution in [-0.2, 0) is 4.74 Å². The number of rotatable bonds is 3. The van der Waals surface area contributed by atoms with Crippen molar-refractivity contribution >= 4 is 5.69 Å². The van der Waals surface area contributed by atoms with E-state index >= 15 is 0 Å². The lowest BCUT2D eigenvalue weighted by Gasteiger charge is -2.25. The third-order valence-electron chi connectivity index (χ3n) is 2.21. The predicted octanol–water partition coefficient (Wildman–Crippen LogP) is 1.38. The van der Waals surface area contributed by atoms with E-state index in [1.165, 1.54) is 18.2 Å². The van der Waals surface area contributed by atoms with E-state index in [0.29, 0.717) is 24.7 Å². The van der Waals surface area contributed by atoms with Gasteiger partial charge >= 0.3 is 0 Å². The summed E-state index contributed by atoms with van der Waals surface area (Å²) >= 11 is 0. The Kier molecular flexibility index (Phi) is 2.91. The van der Waals surface area contributed by atoms with Gasteiger partial charge in [-0.3, -0.25) is 10.1 Å². The van der Waals surface area contributed by atoms with Gasteiger partial charge in [0.15, 0.2) is 17.6 Å². The zero-order valence-electron chi connectivity index (χ0n) is 8.71. The molecule has 0 amide bonds. The average molecular weight is 225 g/mol. The highest BCUT2D eigenvalue weighted by molar-refractivity contribution is 5.49. The van der Waals surface area contributed by atoms with Gasteiger partial charge in [-0.25, -0.2) is 0 Å². The van der Waals surface area contributed by atoms with Gasteiger partial charge in [0, 0.05) is 13.2 Å². The second-order valence-electron chi connectivity index (χ2n) is 3.39. The lowest BCUT2D eigenvalue weighted by atomic mass is 10.2. The van der Waals surface area contributed by atoms with Gasteiger partial charge in [-0.1, -0.05) is 0 Å². The number of nitro benzene ring substituents is 1. The fourth-order valence-electron chi connectivity index (χ4n) is 1.48. The van der Waals surface area contributed by atoms with Crippen molar-refractivity contribution in [1.29, 1.82) is 0 Å². The van der Waals surface area contributed by atoms with Crippen molar-refractivity contribution in [2.24, 2.45) is 0 Å². The second kappa shape index (κ2) is 4.36. The molecule has 0 spiro atoms. The highest BCUT2D eigenvalue weighted by Gasteiger charge is 2.22. The molecule has 16 heavy (non-hydrogen) atoms. The van der Waals surface area contributed by atoms with Gasteiger partial charge in [0.1, 0.15) is 6.61 Å². The van der Waals surface area contributed by atoms with Gasteiger partial charge in [0.05, 0.1) is 17.6 Å². The Morgan fingerprint density at radius 1 is 1.56 bits per heavy atom. The topological polar surface area (TPSA) is 70.8 Å². The summed E-state index contributed by atoms with van der Waals surface area (Å²) in [7, 11) is 1.58. The molecule has 0 aromatic heterocycles. The van der Waals surface area contributed by atoms with Crippen molar-refractivity contribution in [1.82, 2.24) is 0 Å². The standard InChI is InChI=1S/C10H11NO5/c1-14-5-8-6-15-10-4-7(11(12)13)2-3-9(10)16-8/h2-4,8H,5-6H2,1H3. The number of nitrogens with zero attached hydrogens (tertiary/aromatic N) is 1. The van der Waals surface area contributed by atoms with Gasteiger partial charge in [0.2, 0.25) is 0 Å². The van der Waals surface area contributed by atoms with Crippen LogP contribution in [0.2, 0.25) is 0 Å². The van der Waals surface area contributed by atoms with Crippen LogP contribution < -0.4 is 9.47 Å². The molecular weight excluding hydrogens is 214 g/mol. The van der Waals surface area contributed by atoms with E-state index in [0.717, 1.165) is 0 Å². The Morgan fingerprint density at radius 2 is 2.38 bits per heavy atom. The number of hydrogen-bond donors (Lipinski definition) is 0. The summed E-state index contributed by atoms with van der Waals surface area (Å²) in [5.74, 6) is 0.917. The molecule has 0 aliphatic carbocycles. The lowest BCUT2D eigenvalue weighted by Crippen LogP contribution is -2.32. The minimum Gasteiger partial charge on any atom is -0.485 e. The van der Waals surface area contributed by atoms with Crippen LogP contribution in [0.1, 0.15) is 0 Å². The van der Waals surface area contributed by atoms with E-state index in [9.17, 15) is 10.1 Å². The smallest absolute Gasteiger partial charge is 0.273 e. The van der Waals surface area contributed by atoms with Crippen LogP contribution in [0.25, 0.3) is 0 Å². The SMILES string of the molecule is COCC1COc2cc([N+](=O)[O-])ccc2O1. The molecule has 1 heterocycles. The summed E-state index contributed by atoms with van der Waals surface area (Å²) < 4.78 is 15.8. The van der Waals surface area contributed by atoms with Crippen molar-refractivity contribution in [2.75, 3.05) is 20.3 Å². The van der Waals surface area contributed by atoms with Crippen LogP contribution in [0, 0.1) is 10.1 Å². The molecule has 0 saturated carbocycles. The first-order valence-electron chi connectivity index (χ1n) is 4.77. The minimum atomic E-state index is -0.467. The highest BCUT2D eigenvalue weighted by atomic mass is 16.6. The van der Waals surface area contributed by atoms with E-state index in [4.69, 9.17) is 14.2 Å². The monoisotopic (exact) mass is 225 g/mol. The first kappa shape index (κ1) is 10.7. The number of non-ortho nitro benzene ring substituents is 1. The van der Waals surface area contributed by atoms with E-state index in [1.54, 1.807) is 7.11 Å². The molecule has 0 saturated heterocycles. The number of nitro groups is 1. The molecule has 6 heteroatoms. The molecule has 1 aromatic carbocycles. The summed E-state index contributed by atoms with van der Waals surface area (Å²) in [6, 6.07) is 4.28. The van der Waals surface area contributed by atoms with E-state index in [-0.39, 0.29) is 11.8 Å². The summed E-state index contributed by atoms with van der Waals surface area (Å²) in [6.07, 6.45) is -0.168. The van der Waals surface area contributed by atoms with Gasteiger partial charge in [-0.2, -0.15) is 0 Å². The zero-order valence-corrected chi connectivity index (χ0v) is 8.71. The number of fused-ring (bicyclic) bond motifs is 1. The molecule has 0 radical (unpaired) electrons. The number of hydrogen-bond acceptors (Lipinski definition) is 5. The maximum atomic E-state index is 10.5. The molecular formula is C10H11NO5. The fourth-order valence-corrected chi connectivity index (χ4v) is 1.48. The van der Waals surface area contributed by atoms with Crippen LogP contribution in [0.5, 0.6) is 11.5 Å². The van der Waals surface area contributed by atoms with Crippen LogP contribution in [0.15, 0.2) is 18.2 Å². The second-order valence-corrected chi connectivity index (χ2v) is 3.39. The minimum absolute atomic E-state index is 0.00691. The van der Waals surface area contributed by atoms with Crippen molar-refractivity contribution < 1.29 is 19.1 Å². The molecule has 86 valence electrons. The molecule has 0 fully saturated rings. The van der Waals surface area contributed by atoms with Crippen LogP contribution >= 0.6 is 0 Å². The summed E-state index contributed by atoms with van der Waals surface area (Å²) in [6.45, 7) is 0.762. The third-order valence-corrected chi connectivity index (χ3v) is 2.21. The van der Waals surface area contributed by atoms with Gasteiger partial charge < -0.3 is 14.2 Å². The molecule has 0 bridgehead atoms. The number of methoxy groups -OCH3 is 1. The van der Waals surface area contributed by atoms with Crippen molar-refractivity contribution in [2.45, 2.75) is 6.10 Å². The van der Waals surface area contributed by atoms with Crippen molar-refractivity contribution in [3.63, 3.8) is 0 Å². The van der Waals surface area contributed by atoms with Crippen molar-refractivity contribution in [3.8, 4) is 11.5 Å². The first-order valence-corrected chi connectivity index (χ1v) is 4.77. The predicted molar refractivity (Wildman–Crippen MR) is 54.9 cm³/mol. The van der Waals surface area contributed by atoms with Crippen LogP contribution in [0.4, 0.5) is 5.69 Å². The Balaban J connectivity index is 2.19. The summed E-state index contributed by atoms with van der Waals surface area (Å²) in [4.78, 5) is 10.1. The molecule has 1 unspecified atom stereocenters. The normalized spacial score (nSPS) is 18.2. The van der Waals surface area contributed by atoms with E-state index < -0.39 is 4.92 Å². The molecule has 1 atom stereocenters. The van der Waals surface area contributed by atoms with E-state index in [1.807, 2.05) is 0 Å². The maximum Gasteiger partial charge on any atom is 0.273 e. The van der Waals surface area contributed by atoms with Crippen molar-refractivity contribution in [3.05, 3.63) is 28.3 Å². The Bertz CT molecular complexity index is 406. The quantitative estimate of drug-likeness (QED) is 0.574. The zero-order chi connectivity index (χ0) is 11.5. The average Bonchev–Trinajstić information content (AvgIpc) is 2.28. The molecule has 1 aliphatic rings. The van der Waals surface area contributed by atoms with Gasteiger partial charge in [0.25, 0.3) is 5.69 Å². The van der Waals surface area contributed by atoms with Crippen LogP contribution in [-0.4, -0.2) is 31.4 Å².